The standard InChI is InChI=1S/C13H16BrClN2O/c1-17-6-4-10(5-7-17)16-13(18)9-2-3-11(14)12(15)8-9/h2-3,8,10H,4-7H2,1H3,(H,16,18). The van der Waals surface area contributed by atoms with E-state index >= 15 is 0 Å². The molecule has 0 aliphatic carbocycles. The molecule has 98 valence electrons. The zero-order valence-electron chi connectivity index (χ0n) is 10.2. The first-order valence-corrected chi connectivity index (χ1v) is 7.18. The molecule has 1 amide bonds. The number of piperidine rings is 1. The molecule has 1 fully saturated rings. The minimum Gasteiger partial charge on any atom is -0.349 e. The van der Waals surface area contributed by atoms with Crippen molar-refractivity contribution in [1.29, 1.82) is 0 Å². The van der Waals surface area contributed by atoms with Gasteiger partial charge < -0.3 is 10.2 Å². The molecule has 0 aromatic heterocycles. The Balaban J connectivity index is 1.97. The molecule has 1 aliphatic heterocycles. The van der Waals surface area contributed by atoms with Gasteiger partial charge in [-0.3, -0.25) is 4.79 Å². The van der Waals surface area contributed by atoms with Crippen LogP contribution in [0.3, 0.4) is 0 Å². The smallest absolute Gasteiger partial charge is 0.251 e. The highest BCUT2D eigenvalue weighted by Gasteiger charge is 2.19. The van der Waals surface area contributed by atoms with Crippen LogP contribution in [0.2, 0.25) is 5.02 Å². The number of amides is 1. The number of hydrogen-bond acceptors (Lipinski definition) is 2. The number of halogens is 2. The van der Waals surface area contributed by atoms with Crippen LogP contribution < -0.4 is 5.32 Å². The summed E-state index contributed by atoms with van der Waals surface area (Å²) in [5.41, 5.74) is 0.613. The Bertz CT molecular complexity index is 445. The first-order chi connectivity index (χ1) is 8.56. The Kier molecular flexibility index (Phi) is 4.65. The van der Waals surface area contributed by atoms with Crippen molar-refractivity contribution in [1.82, 2.24) is 10.2 Å². The van der Waals surface area contributed by atoms with Gasteiger partial charge in [-0.25, -0.2) is 0 Å². The van der Waals surface area contributed by atoms with E-state index < -0.39 is 0 Å². The summed E-state index contributed by atoms with van der Waals surface area (Å²) >= 11 is 9.30. The van der Waals surface area contributed by atoms with Crippen LogP contribution in [0.15, 0.2) is 22.7 Å². The number of benzene rings is 1. The molecular weight excluding hydrogens is 316 g/mol. The first-order valence-electron chi connectivity index (χ1n) is 6.00. The van der Waals surface area contributed by atoms with E-state index in [4.69, 9.17) is 11.6 Å². The fourth-order valence-corrected chi connectivity index (χ4v) is 2.49. The zero-order chi connectivity index (χ0) is 13.1. The van der Waals surface area contributed by atoms with Gasteiger partial charge >= 0.3 is 0 Å². The van der Waals surface area contributed by atoms with Crippen LogP contribution >= 0.6 is 27.5 Å². The van der Waals surface area contributed by atoms with E-state index in [2.05, 4.69) is 33.2 Å². The molecule has 0 spiro atoms. The maximum Gasteiger partial charge on any atom is 0.251 e. The van der Waals surface area contributed by atoms with Gasteiger partial charge in [-0.05, 0) is 67.1 Å². The van der Waals surface area contributed by atoms with Crippen molar-refractivity contribution < 1.29 is 4.79 Å². The zero-order valence-corrected chi connectivity index (χ0v) is 12.6. The van der Waals surface area contributed by atoms with Gasteiger partial charge in [-0.1, -0.05) is 11.6 Å². The van der Waals surface area contributed by atoms with Crippen LogP contribution in [-0.4, -0.2) is 37.0 Å². The molecule has 0 radical (unpaired) electrons. The van der Waals surface area contributed by atoms with E-state index in [9.17, 15) is 4.79 Å². The highest BCUT2D eigenvalue weighted by Crippen LogP contribution is 2.23. The Morgan fingerprint density at radius 3 is 2.72 bits per heavy atom. The summed E-state index contributed by atoms with van der Waals surface area (Å²) in [6, 6.07) is 5.54. The van der Waals surface area contributed by atoms with Crippen LogP contribution in [0.5, 0.6) is 0 Å². The summed E-state index contributed by atoms with van der Waals surface area (Å²) in [5, 5.41) is 3.62. The molecule has 1 aromatic rings. The summed E-state index contributed by atoms with van der Waals surface area (Å²) in [7, 11) is 2.10. The lowest BCUT2D eigenvalue weighted by Gasteiger charge is -2.29. The van der Waals surface area contributed by atoms with E-state index in [1.165, 1.54) is 0 Å². The number of rotatable bonds is 2. The number of carbonyl (C=O) groups is 1. The predicted molar refractivity (Wildman–Crippen MR) is 77.1 cm³/mol. The molecule has 5 heteroatoms. The third-order valence-corrected chi connectivity index (χ3v) is 4.47. The topological polar surface area (TPSA) is 32.3 Å². The van der Waals surface area contributed by atoms with E-state index in [-0.39, 0.29) is 11.9 Å². The molecule has 1 saturated heterocycles. The largest absolute Gasteiger partial charge is 0.349 e. The van der Waals surface area contributed by atoms with Crippen molar-refractivity contribution in [3.05, 3.63) is 33.3 Å². The molecule has 1 aliphatic rings. The molecule has 0 saturated carbocycles. The fraction of sp³-hybridized carbons (Fsp3) is 0.462. The van der Waals surface area contributed by atoms with Gasteiger partial charge in [-0.2, -0.15) is 0 Å². The Hall–Kier alpha value is -0.580. The van der Waals surface area contributed by atoms with Gasteiger partial charge in [0.25, 0.3) is 5.91 Å². The normalized spacial score (nSPS) is 17.7. The highest BCUT2D eigenvalue weighted by atomic mass is 79.9. The summed E-state index contributed by atoms with van der Waals surface area (Å²) in [6.45, 7) is 2.07. The summed E-state index contributed by atoms with van der Waals surface area (Å²) in [5.74, 6) is -0.0426. The third kappa shape index (κ3) is 3.46. The second-order valence-electron chi connectivity index (χ2n) is 4.68. The monoisotopic (exact) mass is 330 g/mol. The lowest BCUT2D eigenvalue weighted by molar-refractivity contribution is 0.0917. The summed E-state index contributed by atoms with van der Waals surface area (Å²) < 4.78 is 0.806. The number of hydrogen-bond donors (Lipinski definition) is 1. The van der Waals surface area contributed by atoms with Gasteiger partial charge in [-0.15, -0.1) is 0 Å². The molecular formula is C13H16BrClN2O. The van der Waals surface area contributed by atoms with Crippen LogP contribution in [0.25, 0.3) is 0 Å². The molecule has 2 rings (SSSR count). The van der Waals surface area contributed by atoms with Gasteiger partial charge in [0.2, 0.25) is 0 Å². The number of carbonyl (C=O) groups excluding carboxylic acids is 1. The lowest BCUT2D eigenvalue weighted by Crippen LogP contribution is -2.43. The van der Waals surface area contributed by atoms with E-state index in [0.717, 1.165) is 30.4 Å². The SMILES string of the molecule is CN1CCC(NC(=O)c2ccc(Br)c(Cl)c2)CC1. The van der Waals surface area contributed by atoms with E-state index in [0.29, 0.717) is 10.6 Å². The molecule has 0 unspecified atom stereocenters. The van der Waals surface area contributed by atoms with Gasteiger partial charge in [0.05, 0.1) is 5.02 Å². The molecule has 0 atom stereocenters. The predicted octanol–water partition coefficient (Wildman–Crippen LogP) is 2.93. The maximum atomic E-state index is 12.1. The number of nitrogens with zero attached hydrogens (tertiary/aromatic N) is 1. The Labute approximate surface area is 121 Å². The Morgan fingerprint density at radius 1 is 1.44 bits per heavy atom. The van der Waals surface area contributed by atoms with Crippen molar-refractivity contribution in [3.8, 4) is 0 Å². The quantitative estimate of drug-likeness (QED) is 0.904. The number of likely N-dealkylation sites (tertiary alicyclic amines) is 1. The minimum atomic E-state index is -0.0426. The van der Waals surface area contributed by atoms with Crippen molar-refractivity contribution in [3.63, 3.8) is 0 Å². The fourth-order valence-electron chi connectivity index (χ4n) is 2.06. The lowest BCUT2D eigenvalue weighted by atomic mass is 10.0. The Morgan fingerprint density at radius 2 is 2.11 bits per heavy atom. The van der Waals surface area contributed by atoms with Gasteiger partial charge in [0.1, 0.15) is 0 Å². The minimum absolute atomic E-state index is 0.0426. The summed E-state index contributed by atoms with van der Waals surface area (Å²) in [6.07, 6.45) is 2.01. The van der Waals surface area contributed by atoms with E-state index in [1.807, 2.05) is 0 Å². The molecule has 18 heavy (non-hydrogen) atoms. The molecule has 1 N–H and O–H groups in total. The second-order valence-corrected chi connectivity index (χ2v) is 5.94. The van der Waals surface area contributed by atoms with Crippen molar-refractivity contribution in [2.24, 2.45) is 0 Å². The van der Waals surface area contributed by atoms with Gasteiger partial charge in [0, 0.05) is 16.1 Å². The summed E-state index contributed by atoms with van der Waals surface area (Å²) in [4.78, 5) is 14.3. The second kappa shape index (κ2) is 6.04. The van der Waals surface area contributed by atoms with Crippen molar-refractivity contribution in [2.45, 2.75) is 18.9 Å². The third-order valence-electron chi connectivity index (χ3n) is 3.24. The first kappa shape index (κ1) is 13.8. The average Bonchev–Trinajstić information content (AvgIpc) is 2.35. The van der Waals surface area contributed by atoms with Crippen molar-refractivity contribution in [2.75, 3.05) is 20.1 Å². The van der Waals surface area contributed by atoms with Crippen LogP contribution in [0, 0.1) is 0 Å². The van der Waals surface area contributed by atoms with Crippen LogP contribution in [0.4, 0.5) is 0 Å². The maximum absolute atomic E-state index is 12.1. The highest BCUT2D eigenvalue weighted by molar-refractivity contribution is 9.10. The van der Waals surface area contributed by atoms with Gasteiger partial charge in [0.15, 0.2) is 0 Å². The average molecular weight is 332 g/mol. The van der Waals surface area contributed by atoms with Crippen molar-refractivity contribution >= 4 is 33.4 Å². The molecule has 0 bridgehead atoms. The van der Waals surface area contributed by atoms with Crippen LogP contribution in [0.1, 0.15) is 23.2 Å². The molecule has 1 heterocycles. The molecule has 1 aromatic carbocycles. The van der Waals surface area contributed by atoms with Crippen LogP contribution in [-0.2, 0) is 0 Å². The molecule has 3 nitrogen and oxygen atoms in total. The van der Waals surface area contributed by atoms with E-state index in [1.54, 1.807) is 18.2 Å². The number of nitrogens with one attached hydrogen (secondary N) is 1.